The molecular formula is C26H35ClN4O5. The van der Waals surface area contributed by atoms with Gasteiger partial charge in [0.05, 0.1) is 24.7 Å². The number of methoxy groups -OCH3 is 1. The van der Waals surface area contributed by atoms with Crippen LogP contribution in [0.1, 0.15) is 64.0 Å². The van der Waals surface area contributed by atoms with Crippen LogP contribution in [0.3, 0.4) is 0 Å². The molecule has 2 aromatic rings. The molecule has 3 atom stereocenters. The maximum atomic E-state index is 13.2. The number of hydrogen-bond acceptors (Lipinski definition) is 7. The summed E-state index contributed by atoms with van der Waals surface area (Å²) in [4.78, 5) is 35.8. The Morgan fingerprint density at radius 3 is 2.56 bits per heavy atom. The summed E-state index contributed by atoms with van der Waals surface area (Å²) < 4.78 is 11.1. The standard InChI is InChI=1S/C26H35ClN4O5/c1-4-5-12-20(22(32)23(33)29-18(2)19-10-7-6-8-11-19)31(25(34)35-3)26(14-9-15-26)17-36-21-13-16-28-24(27)30-21/h6-8,10-11,13,16,18,20,22,32H,4-5,9,12,14-15,17H2,1-3H3,(H,29,33)/t18-,20+,22?/m1/s1. The third-order valence-electron chi connectivity index (χ3n) is 6.73. The molecular weight excluding hydrogens is 484 g/mol. The molecule has 2 N–H and O–H groups in total. The Morgan fingerprint density at radius 2 is 1.97 bits per heavy atom. The van der Waals surface area contributed by atoms with Gasteiger partial charge in [-0.25, -0.2) is 9.78 Å². The number of aliphatic hydroxyl groups excluding tert-OH is 1. The molecule has 0 saturated heterocycles. The number of ether oxygens (including phenoxy) is 2. The average Bonchev–Trinajstić information content (AvgIpc) is 2.86. The fourth-order valence-electron chi connectivity index (χ4n) is 4.57. The number of nitrogens with one attached hydrogen (secondary N) is 1. The van der Waals surface area contributed by atoms with Gasteiger partial charge in [-0.1, -0.05) is 50.1 Å². The molecule has 1 saturated carbocycles. The molecule has 1 heterocycles. The number of amides is 2. The number of hydrogen-bond donors (Lipinski definition) is 2. The van der Waals surface area contributed by atoms with Crippen molar-refractivity contribution in [2.45, 2.75) is 76.1 Å². The van der Waals surface area contributed by atoms with Crippen molar-refractivity contribution in [1.82, 2.24) is 20.2 Å². The molecule has 1 aromatic carbocycles. The second-order valence-corrected chi connectivity index (χ2v) is 9.50. The summed E-state index contributed by atoms with van der Waals surface area (Å²) in [6.07, 6.45) is 3.56. The molecule has 1 unspecified atom stereocenters. The summed E-state index contributed by atoms with van der Waals surface area (Å²) in [5.74, 6) is -0.259. The van der Waals surface area contributed by atoms with Crippen molar-refractivity contribution in [3.63, 3.8) is 0 Å². The van der Waals surface area contributed by atoms with Gasteiger partial charge in [-0.3, -0.25) is 9.69 Å². The lowest BCUT2D eigenvalue weighted by atomic mass is 9.74. The Kier molecular flexibility index (Phi) is 9.89. The van der Waals surface area contributed by atoms with Gasteiger partial charge < -0.3 is 19.9 Å². The fourth-order valence-corrected chi connectivity index (χ4v) is 4.71. The van der Waals surface area contributed by atoms with Crippen LogP contribution in [0.15, 0.2) is 42.6 Å². The molecule has 2 amide bonds. The van der Waals surface area contributed by atoms with Gasteiger partial charge >= 0.3 is 6.09 Å². The van der Waals surface area contributed by atoms with Crippen LogP contribution in [0.5, 0.6) is 5.88 Å². The van der Waals surface area contributed by atoms with Crippen LogP contribution >= 0.6 is 11.6 Å². The van der Waals surface area contributed by atoms with Crippen molar-refractivity contribution in [2.24, 2.45) is 0 Å². The predicted molar refractivity (Wildman–Crippen MR) is 136 cm³/mol. The Hall–Kier alpha value is -2.91. The lowest BCUT2D eigenvalue weighted by Gasteiger charge is -2.52. The first-order valence-corrected chi connectivity index (χ1v) is 12.7. The van der Waals surface area contributed by atoms with Crippen molar-refractivity contribution in [1.29, 1.82) is 0 Å². The van der Waals surface area contributed by atoms with Gasteiger partial charge in [0.2, 0.25) is 11.2 Å². The Bertz CT molecular complexity index is 1000. The predicted octanol–water partition coefficient (Wildman–Crippen LogP) is 4.30. The summed E-state index contributed by atoms with van der Waals surface area (Å²) in [6, 6.07) is 9.98. The van der Waals surface area contributed by atoms with Crippen LogP contribution < -0.4 is 10.1 Å². The second-order valence-electron chi connectivity index (χ2n) is 9.17. The van der Waals surface area contributed by atoms with E-state index >= 15 is 0 Å². The maximum Gasteiger partial charge on any atom is 0.410 e. The zero-order valence-electron chi connectivity index (χ0n) is 21.0. The largest absolute Gasteiger partial charge is 0.475 e. The van der Waals surface area contributed by atoms with Crippen molar-refractivity contribution in [3.8, 4) is 5.88 Å². The number of benzene rings is 1. The van der Waals surface area contributed by atoms with Crippen LogP contribution in [-0.4, -0.2) is 63.4 Å². The number of aliphatic hydroxyl groups is 1. The first-order chi connectivity index (χ1) is 17.3. The minimum absolute atomic E-state index is 0.0560. The van der Waals surface area contributed by atoms with Crippen LogP contribution in [0, 0.1) is 0 Å². The molecule has 1 aromatic heterocycles. The molecule has 0 aliphatic heterocycles. The van der Waals surface area contributed by atoms with Crippen LogP contribution in [0.2, 0.25) is 5.28 Å². The molecule has 36 heavy (non-hydrogen) atoms. The number of carbonyl (C=O) groups excluding carboxylic acids is 2. The monoisotopic (exact) mass is 518 g/mol. The second kappa shape index (κ2) is 12.9. The van der Waals surface area contributed by atoms with Crippen LogP contribution in [-0.2, 0) is 9.53 Å². The molecule has 1 aliphatic carbocycles. The van der Waals surface area contributed by atoms with Gasteiger partial charge in [-0.2, -0.15) is 4.98 Å². The lowest BCUT2D eigenvalue weighted by molar-refractivity contribution is -0.137. The van der Waals surface area contributed by atoms with Gasteiger partial charge in [0.1, 0.15) is 6.61 Å². The van der Waals surface area contributed by atoms with Crippen LogP contribution in [0.25, 0.3) is 0 Å². The molecule has 0 bridgehead atoms. The molecule has 0 radical (unpaired) electrons. The summed E-state index contributed by atoms with van der Waals surface area (Å²) in [7, 11) is 1.30. The average molecular weight is 519 g/mol. The maximum absolute atomic E-state index is 13.2. The molecule has 196 valence electrons. The van der Waals surface area contributed by atoms with E-state index in [1.165, 1.54) is 18.2 Å². The zero-order chi connectivity index (χ0) is 26.1. The highest BCUT2D eigenvalue weighted by Crippen LogP contribution is 2.41. The minimum Gasteiger partial charge on any atom is -0.475 e. The highest BCUT2D eigenvalue weighted by molar-refractivity contribution is 6.28. The van der Waals surface area contributed by atoms with E-state index in [9.17, 15) is 14.7 Å². The smallest absolute Gasteiger partial charge is 0.410 e. The Morgan fingerprint density at radius 1 is 1.25 bits per heavy atom. The van der Waals surface area contributed by atoms with Crippen molar-refractivity contribution in [2.75, 3.05) is 13.7 Å². The Balaban J connectivity index is 1.84. The number of nitrogens with zero attached hydrogens (tertiary/aromatic N) is 3. The molecule has 1 fully saturated rings. The number of unbranched alkanes of at least 4 members (excludes halogenated alkanes) is 1. The molecule has 10 heteroatoms. The Labute approximate surface area is 217 Å². The molecule has 3 rings (SSSR count). The van der Waals surface area contributed by atoms with E-state index in [0.717, 1.165) is 24.8 Å². The van der Waals surface area contributed by atoms with E-state index in [2.05, 4.69) is 15.3 Å². The quantitative estimate of drug-likeness (QED) is 0.403. The fraction of sp³-hybridized carbons (Fsp3) is 0.538. The third kappa shape index (κ3) is 6.64. The number of carbonyl (C=O) groups is 2. The van der Waals surface area contributed by atoms with E-state index in [1.54, 1.807) is 6.07 Å². The highest BCUT2D eigenvalue weighted by atomic mass is 35.5. The highest BCUT2D eigenvalue weighted by Gasteiger charge is 2.51. The normalized spacial score (nSPS) is 16.7. The topological polar surface area (TPSA) is 114 Å². The number of rotatable bonds is 12. The van der Waals surface area contributed by atoms with Gasteiger partial charge in [0, 0.05) is 12.3 Å². The summed E-state index contributed by atoms with van der Waals surface area (Å²) >= 11 is 5.88. The molecule has 0 spiro atoms. The zero-order valence-corrected chi connectivity index (χ0v) is 21.8. The van der Waals surface area contributed by atoms with E-state index in [4.69, 9.17) is 21.1 Å². The number of aromatic nitrogens is 2. The molecule has 1 aliphatic rings. The summed E-state index contributed by atoms with van der Waals surface area (Å²) in [5.41, 5.74) is 0.162. The van der Waals surface area contributed by atoms with Crippen molar-refractivity contribution >= 4 is 23.6 Å². The van der Waals surface area contributed by atoms with Gasteiger partial charge in [-0.15, -0.1) is 0 Å². The van der Waals surface area contributed by atoms with Crippen molar-refractivity contribution in [3.05, 3.63) is 53.4 Å². The van der Waals surface area contributed by atoms with Gasteiger partial charge in [0.25, 0.3) is 5.91 Å². The summed E-state index contributed by atoms with van der Waals surface area (Å²) in [6.45, 7) is 3.99. The molecule has 9 nitrogen and oxygen atoms in total. The first kappa shape index (κ1) is 27.7. The van der Waals surface area contributed by atoms with Gasteiger partial charge in [-0.05, 0) is 49.8 Å². The van der Waals surface area contributed by atoms with Crippen LogP contribution in [0.4, 0.5) is 4.79 Å². The third-order valence-corrected chi connectivity index (χ3v) is 6.91. The van der Waals surface area contributed by atoms with E-state index in [1.807, 2.05) is 44.2 Å². The SMILES string of the molecule is CCCC[C@@H](C(O)C(=O)N[C@H](C)c1ccccc1)N(C(=O)OC)C1(COc2ccnc(Cl)n2)CCC1. The van der Waals surface area contributed by atoms with Gasteiger partial charge in [0.15, 0.2) is 6.10 Å². The summed E-state index contributed by atoms with van der Waals surface area (Å²) in [5, 5.41) is 14.2. The first-order valence-electron chi connectivity index (χ1n) is 12.3. The number of halogens is 1. The van der Waals surface area contributed by atoms with E-state index < -0.39 is 29.7 Å². The minimum atomic E-state index is -1.45. The van der Waals surface area contributed by atoms with E-state index in [-0.39, 0.29) is 23.8 Å². The van der Waals surface area contributed by atoms with E-state index in [0.29, 0.717) is 19.3 Å². The van der Waals surface area contributed by atoms with Crippen molar-refractivity contribution < 1.29 is 24.2 Å². The lowest BCUT2D eigenvalue weighted by Crippen LogP contribution is -2.66.